The van der Waals surface area contributed by atoms with E-state index in [0.717, 1.165) is 31.4 Å². The van der Waals surface area contributed by atoms with Crippen molar-refractivity contribution < 1.29 is 14.7 Å². The Morgan fingerprint density at radius 1 is 1.17 bits per heavy atom. The zero-order valence-electron chi connectivity index (χ0n) is 13.9. The van der Waals surface area contributed by atoms with Crippen LogP contribution in [0.2, 0.25) is 0 Å². The molecule has 1 aliphatic rings. The molecular weight excluding hydrogens is 292 g/mol. The van der Waals surface area contributed by atoms with Crippen LogP contribution in [0.5, 0.6) is 0 Å². The molecule has 0 saturated heterocycles. The van der Waals surface area contributed by atoms with Crippen molar-refractivity contribution in [3.8, 4) is 0 Å². The minimum Gasteiger partial charge on any atom is -0.480 e. The Morgan fingerprint density at radius 2 is 1.78 bits per heavy atom. The SMILES string of the molecule is CCc1ccc(CC(=O)NC2CC(N(CC)CC(=O)O)C2)cc1. The first kappa shape index (κ1) is 17.5. The lowest BCUT2D eigenvalue weighted by Crippen LogP contribution is -2.55. The Morgan fingerprint density at radius 3 is 2.30 bits per heavy atom. The smallest absolute Gasteiger partial charge is 0.317 e. The maximum atomic E-state index is 12.1. The van der Waals surface area contributed by atoms with Gasteiger partial charge in [-0.1, -0.05) is 38.1 Å². The van der Waals surface area contributed by atoms with Crippen LogP contribution in [0.3, 0.4) is 0 Å². The average Bonchev–Trinajstić information content (AvgIpc) is 2.49. The molecule has 0 aromatic heterocycles. The van der Waals surface area contributed by atoms with Gasteiger partial charge in [0.2, 0.25) is 5.91 Å². The lowest BCUT2D eigenvalue weighted by atomic mass is 9.85. The van der Waals surface area contributed by atoms with Crippen LogP contribution >= 0.6 is 0 Å². The number of aryl methyl sites for hydroxylation is 1. The molecule has 2 rings (SSSR count). The van der Waals surface area contributed by atoms with Crippen molar-refractivity contribution >= 4 is 11.9 Å². The largest absolute Gasteiger partial charge is 0.480 e. The molecule has 0 aliphatic heterocycles. The Balaban J connectivity index is 1.74. The molecule has 0 bridgehead atoms. The second-order valence-corrected chi connectivity index (χ2v) is 6.19. The molecule has 0 atom stereocenters. The van der Waals surface area contributed by atoms with Gasteiger partial charge in [0.1, 0.15) is 0 Å². The summed E-state index contributed by atoms with van der Waals surface area (Å²) in [7, 11) is 0. The van der Waals surface area contributed by atoms with E-state index in [4.69, 9.17) is 5.11 Å². The Bertz CT molecular complexity index is 536. The highest BCUT2D eigenvalue weighted by Crippen LogP contribution is 2.25. The van der Waals surface area contributed by atoms with Crippen molar-refractivity contribution in [1.29, 1.82) is 0 Å². The van der Waals surface area contributed by atoms with Crippen LogP contribution in [-0.2, 0) is 22.4 Å². The third-order valence-corrected chi connectivity index (χ3v) is 4.54. The number of carboxylic acids is 1. The number of carboxylic acid groups (broad SMARTS) is 1. The molecule has 1 aliphatic carbocycles. The molecule has 1 aromatic carbocycles. The summed E-state index contributed by atoms with van der Waals surface area (Å²) in [5.74, 6) is -0.756. The Labute approximate surface area is 137 Å². The van der Waals surface area contributed by atoms with Crippen LogP contribution in [0.1, 0.15) is 37.8 Å². The van der Waals surface area contributed by atoms with Gasteiger partial charge in [0.15, 0.2) is 0 Å². The molecule has 0 radical (unpaired) electrons. The quantitative estimate of drug-likeness (QED) is 0.767. The van der Waals surface area contributed by atoms with E-state index < -0.39 is 5.97 Å². The first-order valence-electron chi connectivity index (χ1n) is 8.34. The van der Waals surface area contributed by atoms with Gasteiger partial charge in [-0.2, -0.15) is 0 Å². The molecule has 5 heteroatoms. The molecule has 5 nitrogen and oxygen atoms in total. The van der Waals surface area contributed by atoms with E-state index in [1.165, 1.54) is 5.56 Å². The summed E-state index contributed by atoms with van der Waals surface area (Å²) in [5.41, 5.74) is 2.30. The minimum atomic E-state index is -0.796. The third-order valence-electron chi connectivity index (χ3n) is 4.54. The standard InChI is InChI=1S/C18H26N2O3/c1-3-13-5-7-14(8-6-13)9-17(21)19-15-10-16(11-15)20(4-2)12-18(22)23/h5-8,15-16H,3-4,9-12H2,1-2H3,(H,19,21)(H,22,23). The fourth-order valence-electron chi connectivity index (χ4n) is 3.03. The number of benzene rings is 1. The first-order valence-corrected chi connectivity index (χ1v) is 8.34. The van der Waals surface area contributed by atoms with E-state index in [0.29, 0.717) is 6.42 Å². The fraction of sp³-hybridized carbons (Fsp3) is 0.556. The Kier molecular flexibility index (Phi) is 6.16. The number of hydrogen-bond donors (Lipinski definition) is 2. The summed E-state index contributed by atoms with van der Waals surface area (Å²) in [6.07, 6.45) is 3.07. The van der Waals surface area contributed by atoms with Crippen molar-refractivity contribution in [3.63, 3.8) is 0 Å². The number of carbonyl (C=O) groups excluding carboxylic acids is 1. The number of hydrogen-bond acceptors (Lipinski definition) is 3. The molecule has 2 N–H and O–H groups in total. The van der Waals surface area contributed by atoms with Crippen LogP contribution in [0.15, 0.2) is 24.3 Å². The summed E-state index contributed by atoms with van der Waals surface area (Å²) in [6.45, 7) is 4.88. The van der Waals surface area contributed by atoms with Gasteiger partial charge < -0.3 is 10.4 Å². The van der Waals surface area contributed by atoms with E-state index in [2.05, 4.69) is 24.4 Å². The molecule has 0 unspecified atom stereocenters. The van der Waals surface area contributed by atoms with Crippen LogP contribution in [0.4, 0.5) is 0 Å². The predicted octanol–water partition coefficient (Wildman–Crippen LogP) is 1.85. The van der Waals surface area contributed by atoms with E-state index in [1.807, 2.05) is 24.0 Å². The minimum absolute atomic E-state index is 0.0407. The number of likely N-dealkylation sites (N-methyl/N-ethyl adjacent to an activating group) is 1. The van der Waals surface area contributed by atoms with Crippen LogP contribution < -0.4 is 5.32 Å². The molecule has 1 aromatic rings. The Hall–Kier alpha value is -1.88. The van der Waals surface area contributed by atoms with Crippen molar-refractivity contribution in [2.45, 2.75) is 51.6 Å². The lowest BCUT2D eigenvalue weighted by molar-refractivity contribution is -0.139. The fourth-order valence-corrected chi connectivity index (χ4v) is 3.03. The van der Waals surface area contributed by atoms with E-state index in [9.17, 15) is 9.59 Å². The molecule has 0 heterocycles. The monoisotopic (exact) mass is 318 g/mol. The van der Waals surface area contributed by atoms with Crippen molar-refractivity contribution in [2.24, 2.45) is 0 Å². The summed E-state index contributed by atoms with van der Waals surface area (Å²) in [5, 5.41) is 11.9. The summed E-state index contributed by atoms with van der Waals surface area (Å²) in [4.78, 5) is 24.8. The number of aliphatic carboxylic acids is 1. The van der Waals surface area contributed by atoms with Crippen LogP contribution in [0, 0.1) is 0 Å². The third kappa shape index (κ3) is 5.06. The molecule has 1 amide bonds. The van der Waals surface area contributed by atoms with Crippen LogP contribution in [-0.4, -0.2) is 47.1 Å². The molecule has 1 fully saturated rings. The number of rotatable bonds is 8. The van der Waals surface area contributed by atoms with Gasteiger partial charge in [0, 0.05) is 12.1 Å². The molecule has 126 valence electrons. The predicted molar refractivity (Wildman–Crippen MR) is 89.4 cm³/mol. The highest BCUT2D eigenvalue weighted by atomic mass is 16.4. The highest BCUT2D eigenvalue weighted by Gasteiger charge is 2.34. The molecular formula is C18H26N2O3. The topological polar surface area (TPSA) is 69.6 Å². The number of carbonyl (C=O) groups is 2. The lowest BCUT2D eigenvalue weighted by Gasteiger charge is -2.42. The second-order valence-electron chi connectivity index (χ2n) is 6.19. The van der Waals surface area contributed by atoms with Crippen molar-refractivity contribution in [2.75, 3.05) is 13.1 Å². The number of amides is 1. The zero-order chi connectivity index (χ0) is 16.8. The van der Waals surface area contributed by atoms with Gasteiger partial charge >= 0.3 is 5.97 Å². The summed E-state index contributed by atoms with van der Waals surface area (Å²) < 4.78 is 0. The van der Waals surface area contributed by atoms with Crippen molar-refractivity contribution in [3.05, 3.63) is 35.4 Å². The first-order chi connectivity index (χ1) is 11.0. The number of nitrogens with one attached hydrogen (secondary N) is 1. The summed E-state index contributed by atoms with van der Waals surface area (Å²) >= 11 is 0. The van der Waals surface area contributed by atoms with E-state index in [-0.39, 0.29) is 24.5 Å². The average molecular weight is 318 g/mol. The van der Waals surface area contributed by atoms with Crippen LogP contribution in [0.25, 0.3) is 0 Å². The maximum absolute atomic E-state index is 12.1. The number of nitrogens with zero attached hydrogens (tertiary/aromatic N) is 1. The van der Waals surface area contributed by atoms with Gasteiger partial charge in [0.05, 0.1) is 13.0 Å². The van der Waals surface area contributed by atoms with E-state index in [1.54, 1.807) is 0 Å². The second kappa shape index (κ2) is 8.11. The normalized spacial score (nSPS) is 20.1. The zero-order valence-corrected chi connectivity index (χ0v) is 13.9. The van der Waals surface area contributed by atoms with Gasteiger partial charge in [0.25, 0.3) is 0 Å². The van der Waals surface area contributed by atoms with Crippen molar-refractivity contribution in [1.82, 2.24) is 10.2 Å². The summed E-state index contributed by atoms with van der Waals surface area (Å²) in [6, 6.07) is 8.58. The van der Waals surface area contributed by atoms with Gasteiger partial charge in [-0.3, -0.25) is 14.5 Å². The molecule has 23 heavy (non-hydrogen) atoms. The highest BCUT2D eigenvalue weighted by molar-refractivity contribution is 5.79. The van der Waals surface area contributed by atoms with E-state index >= 15 is 0 Å². The van der Waals surface area contributed by atoms with Gasteiger partial charge in [-0.05, 0) is 36.9 Å². The molecule has 1 saturated carbocycles. The molecule has 0 spiro atoms. The maximum Gasteiger partial charge on any atom is 0.317 e. The van der Waals surface area contributed by atoms with Gasteiger partial charge in [-0.25, -0.2) is 0 Å². The van der Waals surface area contributed by atoms with Gasteiger partial charge in [-0.15, -0.1) is 0 Å².